The van der Waals surface area contributed by atoms with Gasteiger partial charge in [-0.15, -0.1) is 0 Å². The van der Waals surface area contributed by atoms with Crippen LogP contribution >= 0.6 is 0 Å². The molecule has 0 aliphatic carbocycles. The van der Waals surface area contributed by atoms with Gasteiger partial charge in [0.15, 0.2) is 11.4 Å². The first-order valence-corrected chi connectivity index (χ1v) is 4.36. The quantitative estimate of drug-likeness (QED) is 0.327. The lowest BCUT2D eigenvalue weighted by molar-refractivity contribution is 0.0906. The molecule has 0 aliphatic rings. The molecule has 80 valence electrons. The highest BCUT2D eigenvalue weighted by Crippen LogP contribution is 2.19. The van der Waals surface area contributed by atoms with Gasteiger partial charge in [-0.1, -0.05) is 40.6 Å². The van der Waals surface area contributed by atoms with Gasteiger partial charge < -0.3 is 0 Å². The summed E-state index contributed by atoms with van der Waals surface area (Å²) in [6.07, 6.45) is 0. The van der Waals surface area contributed by atoms with Gasteiger partial charge in [-0.25, -0.2) is 0 Å². The van der Waals surface area contributed by atoms with E-state index >= 15 is 0 Å². The van der Waals surface area contributed by atoms with Crippen molar-refractivity contribution in [3.8, 4) is 0 Å². The molecule has 7 nitrogen and oxygen atoms in total. The molecular weight excluding hydrogens is 208 g/mol. The van der Waals surface area contributed by atoms with Crippen LogP contribution in [0.2, 0.25) is 0 Å². The maximum absolute atomic E-state index is 11.9. The summed E-state index contributed by atoms with van der Waals surface area (Å²) in [5, 5.41) is 6.47. The normalized spacial score (nSPS) is 12.8. The average molecular weight is 216 g/mol. The molecule has 0 aromatic heterocycles. The van der Waals surface area contributed by atoms with E-state index in [4.69, 9.17) is 11.1 Å². The Morgan fingerprint density at radius 2 is 1.69 bits per heavy atom. The first-order chi connectivity index (χ1) is 7.64. The maximum atomic E-state index is 11.9. The Morgan fingerprint density at radius 3 is 2.12 bits per heavy atom. The fraction of sp³-hybridized carbons (Fsp3) is 0.222. The molecule has 0 unspecified atom stereocenters. The van der Waals surface area contributed by atoms with E-state index in [1.54, 1.807) is 30.3 Å². The van der Waals surface area contributed by atoms with Crippen molar-refractivity contribution in [1.82, 2.24) is 0 Å². The second-order valence-electron chi connectivity index (χ2n) is 3.09. The zero-order valence-corrected chi connectivity index (χ0v) is 8.48. The minimum absolute atomic E-state index is 0.324. The molecule has 0 saturated heterocycles. The van der Waals surface area contributed by atoms with Crippen LogP contribution in [0.25, 0.3) is 20.9 Å². The van der Waals surface area contributed by atoms with Crippen molar-refractivity contribution < 1.29 is 4.79 Å². The number of benzene rings is 1. The van der Waals surface area contributed by atoms with E-state index in [1.165, 1.54) is 6.92 Å². The van der Waals surface area contributed by atoms with Crippen molar-refractivity contribution >= 4 is 5.78 Å². The maximum Gasteiger partial charge on any atom is 0.187 e. The Hall–Kier alpha value is -2.49. The third-order valence-corrected chi connectivity index (χ3v) is 1.95. The Morgan fingerprint density at radius 1 is 1.19 bits per heavy atom. The second-order valence-corrected chi connectivity index (χ2v) is 3.09. The van der Waals surface area contributed by atoms with Crippen molar-refractivity contribution in [1.29, 1.82) is 0 Å². The van der Waals surface area contributed by atoms with Crippen LogP contribution in [0, 0.1) is 0 Å². The zero-order valence-electron chi connectivity index (χ0n) is 8.48. The molecule has 0 aliphatic heterocycles. The van der Waals surface area contributed by atoms with E-state index in [0.717, 1.165) is 0 Å². The molecule has 0 spiro atoms. The standard InChI is InChI=1S/C9H8N6O/c1-9(12-14-10,13-15-11)8(16)7-5-3-2-4-6-7/h2-6H,1H3. The lowest BCUT2D eigenvalue weighted by Crippen LogP contribution is -2.29. The minimum Gasteiger partial charge on any atom is -0.293 e. The fourth-order valence-corrected chi connectivity index (χ4v) is 1.15. The van der Waals surface area contributed by atoms with Crippen molar-refractivity contribution in [2.45, 2.75) is 12.6 Å². The summed E-state index contributed by atoms with van der Waals surface area (Å²) in [6, 6.07) is 8.19. The molecule has 0 atom stereocenters. The van der Waals surface area contributed by atoms with Gasteiger partial charge in [-0.05, 0) is 18.0 Å². The number of hydrogen-bond acceptors (Lipinski definition) is 3. The van der Waals surface area contributed by atoms with Gasteiger partial charge >= 0.3 is 0 Å². The van der Waals surface area contributed by atoms with Crippen LogP contribution in [-0.2, 0) is 0 Å². The summed E-state index contributed by atoms with van der Waals surface area (Å²) in [5.41, 5.74) is 15.3. The number of carbonyl (C=O) groups excluding carboxylic acids is 1. The van der Waals surface area contributed by atoms with Crippen molar-refractivity contribution in [3.05, 3.63) is 56.8 Å². The van der Waals surface area contributed by atoms with Gasteiger partial charge in [0.25, 0.3) is 0 Å². The van der Waals surface area contributed by atoms with E-state index in [2.05, 4.69) is 20.1 Å². The van der Waals surface area contributed by atoms with E-state index in [1.807, 2.05) is 0 Å². The van der Waals surface area contributed by atoms with Crippen LogP contribution in [0.3, 0.4) is 0 Å². The molecular formula is C9H8N6O. The van der Waals surface area contributed by atoms with Crippen molar-refractivity contribution in [3.63, 3.8) is 0 Å². The highest BCUT2D eigenvalue weighted by molar-refractivity contribution is 6.02. The third kappa shape index (κ3) is 2.30. The number of nitrogens with zero attached hydrogens (tertiary/aromatic N) is 6. The second kappa shape index (κ2) is 4.84. The number of azide groups is 1. The van der Waals surface area contributed by atoms with Crippen LogP contribution in [0.1, 0.15) is 17.3 Å². The van der Waals surface area contributed by atoms with Gasteiger partial charge in [0.05, 0.1) is 0 Å². The van der Waals surface area contributed by atoms with Crippen LogP contribution in [0.5, 0.6) is 0 Å². The zero-order chi connectivity index (χ0) is 12.0. The predicted octanol–water partition coefficient (Wildman–Crippen LogP) is 3.21. The van der Waals surface area contributed by atoms with E-state index in [0.29, 0.717) is 5.56 Å². The van der Waals surface area contributed by atoms with E-state index in [9.17, 15) is 4.79 Å². The number of Topliss-reactive ketones (excluding diaryl/α,β-unsaturated/α-hetero) is 1. The average Bonchev–Trinajstić information content (AvgIpc) is 2.30. The molecule has 7 heteroatoms. The first-order valence-electron chi connectivity index (χ1n) is 4.36. The van der Waals surface area contributed by atoms with Gasteiger partial charge in [0, 0.05) is 15.4 Å². The fourth-order valence-electron chi connectivity index (χ4n) is 1.15. The van der Waals surface area contributed by atoms with E-state index < -0.39 is 11.4 Å². The lowest BCUT2D eigenvalue weighted by atomic mass is 10.0. The summed E-state index contributed by atoms with van der Waals surface area (Å²) in [4.78, 5) is 16.9. The third-order valence-electron chi connectivity index (χ3n) is 1.95. The van der Waals surface area contributed by atoms with Gasteiger partial charge in [0.2, 0.25) is 0 Å². The molecule has 0 saturated carbocycles. The summed E-state index contributed by atoms with van der Waals surface area (Å²) in [6.45, 7) is 1.27. The number of carbonyl (C=O) groups is 1. The number of hydrogen-bond donors (Lipinski definition) is 0. The molecule has 0 bridgehead atoms. The van der Waals surface area contributed by atoms with Crippen molar-refractivity contribution in [2.75, 3.05) is 0 Å². The Kier molecular flexibility index (Phi) is 3.50. The Balaban J connectivity index is 3.21. The number of ketones is 1. The molecule has 0 amide bonds. The first kappa shape index (κ1) is 11.6. The molecule has 0 radical (unpaired) electrons. The SMILES string of the molecule is CC(N=[N+]=[N-])(N=[N+]=[N-])C(=O)c1ccccc1. The van der Waals surface area contributed by atoms with Crippen LogP contribution in [0.15, 0.2) is 40.6 Å². The lowest BCUT2D eigenvalue weighted by Gasteiger charge is -2.15. The molecule has 0 N–H and O–H groups in total. The van der Waals surface area contributed by atoms with Crippen LogP contribution in [-0.4, -0.2) is 11.4 Å². The molecule has 0 heterocycles. The topological polar surface area (TPSA) is 115 Å². The molecule has 16 heavy (non-hydrogen) atoms. The van der Waals surface area contributed by atoms with Crippen molar-refractivity contribution in [2.24, 2.45) is 10.2 Å². The van der Waals surface area contributed by atoms with Gasteiger partial charge in [0.1, 0.15) is 0 Å². The van der Waals surface area contributed by atoms with Crippen LogP contribution < -0.4 is 0 Å². The monoisotopic (exact) mass is 216 g/mol. The molecule has 1 aromatic rings. The summed E-state index contributed by atoms with van der Waals surface area (Å²) in [5.74, 6) is -0.538. The summed E-state index contributed by atoms with van der Waals surface area (Å²) in [7, 11) is 0. The minimum atomic E-state index is -1.76. The largest absolute Gasteiger partial charge is 0.293 e. The highest BCUT2D eigenvalue weighted by atomic mass is 16.1. The van der Waals surface area contributed by atoms with E-state index in [-0.39, 0.29) is 0 Å². The molecule has 1 aromatic carbocycles. The number of rotatable bonds is 4. The smallest absolute Gasteiger partial charge is 0.187 e. The van der Waals surface area contributed by atoms with Gasteiger partial charge in [-0.2, -0.15) is 0 Å². The predicted molar refractivity (Wildman–Crippen MR) is 57.5 cm³/mol. The molecule has 1 rings (SSSR count). The molecule has 0 fully saturated rings. The Bertz CT molecular complexity index is 466. The highest BCUT2D eigenvalue weighted by Gasteiger charge is 2.31. The summed E-state index contributed by atoms with van der Waals surface area (Å²) >= 11 is 0. The Labute approximate surface area is 91.0 Å². The van der Waals surface area contributed by atoms with Crippen LogP contribution in [0.4, 0.5) is 0 Å². The summed E-state index contributed by atoms with van der Waals surface area (Å²) < 4.78 is 0. The van der Waals surface area contributed by atoms with Gasteiger partial charge in [-0.3, -0.25) is 4.79 Å².